The van der Waals surface area contributed by atoms with Crippen LogP contribution in [-0.4, -0.2) is 69.1 Å². The summed E-state index contributed by atoms with van der Waals surface area (Å²) in [6, 6.07) is 0. The smallest absolute Gasteiger partial charge is 0.333 e. The van der Waals surface area contributed by atoms with Crippen molar-refractivity contribution in [2.45, 2.75) is 125 Å². The lowest BCUT2D eigenvalue weighted by Crippen LogP contribution is -2.72. The van der Waals surface area contributed by atoms with E-state index >= 15 is 0 Å². The predicted octanol–water partition coefficient (Wildman–Crippen LogP) is 4.54. The summed E-state index contributed by atoms with van der Waals surface area (Å²) in [6.07, 6.45) is 5.68. The Bertz CT molecular complexity index is 1160. The van der Waals surface area contributed by atoms with Crippen molar-refractivity contribution in [1.29, 1.82) is 0 Å². The van der Waals surface area contributed by atoms with Crippen LogP contribution in [-0.2, 0) is 9.53 Å². The molecular formula is C35H56O7. The number of aliphatic hydroxyl groups is 5. The Labute approximate surface area is 252 Å². The number of rotatable bonds is 4. The molecule has 0 aromatic rings. The van der Waals surface area contributed by atoms with Crippen LogP contribution in [0.3, 0.4) is 0 Å². The molecule has 5 aliphatic carbocycles. The molecule has 12 atom stereocenters. The molecular weight excluding hydrogens is 532 g/mol. The molecule has 0 saturated heterocycles. The molecule has 0 heterocycles. The summed E-state index contributed by atoms with van der Waals surface area (Å²) in [4.78, 5) is 13.1. The first-order valence-electron chi connectivity index (χ1n) is 16.2. The summed E-state index contributed by atoms with van der Waals surface area (Å²) < 4.78 is 6.05. The Morgan fingerprint density at radius 1 is 0.952 bits per heavy atom. The molecule has 4 saturated carbocycles. The van der Waals surface area contributed by atoms with E-state index in [4.69, 9.17) is 4.74 Å². The highest BCUT2D eigenvalue weighted by Gasteiger charge is 2.73. The second-order valence-corrected chi connectivity index (χ2v) is 16.5. The number of ether oxygens (including phenoxy) is 1. The minimum Gasteiger partial charge on any atom is -0.455 e. The van der Waals surface area contributed by atoms with Crippen LogP contribution in [0.2, 0.25) is 0 Å². The number of esters is 1. The van der Waals surface area contributed by atoms with Gasteiger partial charge in [0.25, 0.3) is 0 Å². The Kier molecular flexibility index (Phi) is 7.76. The van der Waals surface area contributed by atoms with Crippen LogP contribution in [0.25, 0.3) is 0 Å². The van der Waals surface area contributed by atoms with Gasteiger partial charge in [0.1, 0.15) is 6.10 Å². The van der Waals surface area contributed by atoms with E-state index in [1.54, 1.807) is 19.9 Å². The summed E-state index contributed by atoms with van der Waals surface area (Å²) in [5, 5.41) is 56.5. The van der Waals surface area contributed by atoms with Gasteiger partial charge in [0.05, 0.1) is 36.9 Å². The highest BCUT2D eigenvalue weighted by molar-refractivity contribution is 5.87. The number of carbonyl (C=O) groups excluding carboxylic acids is 1. The van der Waals surface area contributed by atoms with E-state index in [1.807, 2.05) is 13.8 Å². The zero-order valence-corrected chi connectivity index (χ0v) is 27.1. The number of carbonyl (C=O) groups is 1. The molecule has 0 aromatic carbocycles. The van der Waals surface area contributed by atoms with Gasteiger partial charge in [0.2, 0.25) is 0 Å². The molecule has 7 heteroatoms. The number of hydrogen-bond donors (Lipinski definition) is 5. The van der Waals surface area contributed by atoms with Gasteiger partial charge in [-0.25, -0.2) is 4.79 Å². The second-order valence-electron chi connectivity index (χ2n) is 16.5. The van der Waals surface area contributed by atoms with Crippen LogP contribution in [0, 0.1) is 50.2 Å². The minimum absolute atomic E-state index is 0.0275. The van der Waals surface area contributed by atoms with E-state index < -0.39 is 46.6 Å². The van der Waals surface area contributed by atoms with Crippen molar-refractivity contribution in [1.82, 2.24) is 0 Å². The molecule has 0 aromatic heterocycles. The van der Waals surface area contributed by atoms with Crippen molar-refractivity contribution in [2.75, 3.05) is 13.2 Å². The SMILES string of the molecule is C/C=C(/C)C(=O)O[C@H]1[C@H](O)C(C)(C)C[C@H]2C3=CC[C@@H]4[C@@]5(C)CC[C@H](O)[C@@](C)(CO)[C@@H]5CC[C@@]4(C)[C@]3(C)C[C@@H](O)[C@]21CO. The first-order valence-corrected chi connectivity index (χ1v) is 16.2. The van der Waals surface area contributed by atoms with E-state index in [0.29, 0.717) is 30.8 Å². The van der Waals surface area contributed by atoms with Crippen molar-refractivity contribution in [3.05, 3.63) is 23.3 Å². The fourth-order valence-electron chi connectivity index (χ4n) is 11.4. The standard InChI is InChI=1S/C35H56O7/c1-9-20(2)29(41)42-28-27(40)30(3,4)16-22-21-10-11-24-31(5)14-13-25(38)32(6,18-36)23(31)12-15-33(24,7)34(21,8)17-26(39)35(22,28)19-37/h9-10,22-28,36-40H,11-19H2,1-8H3/b20-9-/t22-,23+,24+,25-,26+,27-,28-,31-,32-,33+,34+,35-/m0/s1. The highest BCUT2D eigenvalue weighted by Crippen LogP contribution is 2.75. The average molecular weight is 589 g/mol. The fraction of sp³-hybridized carbons (Fsp3) is 0.857. The molecule has 238 valence electrons. The van der Waals surface area contributed by atoms with Crippen LogP contribution < -0.4 is 0 Å². The number of aliphatic hydroxyl groups excluding tert-OH is 5. The normalized spacial score (nSPS) is 51.8. The molecule has 0 aliphatic heterocycles. The van der Waals surface area contributed by atoms with Crippen molar-refractivity contribution in [2.24, 2.45) is 50.2 Å². The van der Waals surface area contributed by atoms with Crippen LogP contribution >= 0.6 is 0 Å². The van der Waals surface area contributed by atoms with Gasteiger partial charge in [-0.1, -0.05) is 59.3 Å². The minimum atomic E-state index is -1.21. The molecule has 0 amide bonds. The molecule has 42 heavy (non-hydrogen) atoms. The average Bonchev–Trinajstić information content (AvgIpc) is 2.93. The lowest BCUT2D eigenvalue weighted by molar-refractivity contribution is -0.263. The zero-order chi connectivity index (χ0) is 31.3. The third-order valence-corrected chi connectivity index (χ3v) is 14.5. The van der Waals surface area contributed by atoms with E-state index in [9.17, 15) is 30.3 Å². The molecule has 7 nitrogen and oxygen atoms in total. The Hall–Kier alpha value is -1.25. The molecule has 0 bridgehead atoms. The molecule has 5 N–H and O–H groups in total. The molecule has 5 rings (SSSR count). The van der Waals surface area contributed by atoms with Gasteiger partial charge in [-0.05, 0) is 98.2 Å². The molecule has 0 unspecified atom stereocenters. The van der Waals surface area contributed by atoms with Gasteiger partial charge in [-0.2, -0.15) is 0 Å². The summed E-state index contributed by atoms with van der Waals surface area (Å²) in [7, 11) is 0. The van der Waals surface area contributed by atoms with E-state index in [2.05, 4.69) is 33.8 Å². The highest BCUT2D eigenvalue weighted by atomic mass is 16.6. The Balaban J connectivity index is 1.62. The molecule has 5 aliphatic rings. The maximum atomic E-state index is 13.1. The first-order chi connectivity index (χ1) is 19.4. The first kappa shape index (κ1) is 32.2. The van der Waals surface area contributed by atoms with Gasteiger partial charge in [-0.15, -0.1) is 0 Å². The van der Waals surface area contributed by atoms with Gasteiger partial charge in [0, 0.05) is 11.0 Å². The van der Waals surface area contributed by atoms with E-state index in [0.717, 1.165) is 25.7 Å². The quantitative estimate of drug-likeness (QED) is 0.185. The number of hydrogen-bond acceptors (Lipinski definition) is 7. The Morgan fingerprint density at radius 3 is 2.21 bits per heavy atom. The monoisotopic (exact) mass is 588 g/mol. The summed E-state index contributed by atoms with van der Waals surface area (Å²) in [5.41, 5.74) is -1.30. The van der Waals surface area contributed by atoms with Crippen LogP contribution in [0.15, 0.2) is 23.3 Å². The topological polar surface area (TPSA) is 127 Å². The predicted molar refractivity (Wildman–Crippen MR) is 161 cm³/mol. The van der Waals surface area contributed by atoms with E-state index in [-0.39, 0.29) is 41.3 Å². The summed E-state index contributed by atoms with van der Waals surface area (Å²) in [6.45, 7) is 16.1. The van der Waals surface area contributed by atoms with Crippen LogP contribution in [0.5, 0.6) is 0 Å². The summed E-state index contributed by atoms with van der Waals surface area (Å²) in [5.74, 6) is -0.299. The van der Waals surface area contributed by atoms with Crippen molar-refractivity contribution in [3.63, 3.8) is 0 Å². The molecule has 0 radical (unpaired) electrons. The maximum absolute atomic E-state index is 13.1. The van der Waals surface area contributed by atoms with E-state index in [1.165, 1.54) is 5.57 Å². The third-order valence-electron chi connectivity index (χ3n) is 14.5. The van der Waals surface area contributed by atoms with Gasteiger partial charge < -0.3 is 30.3 Å². The largest absolute Gasteiger partial charge is 0.455 e. The molecule has 0 spiro atoms. The molecule has 4 fully saturated rings. The maximum Gasteiger partial charge on any atom is 0.333 e. The fourth-order valence-corrected chi connectivity index (χ4v) is 11.4. The summed E-state index contributed by atoms with van der Waals surface area (Å²) >= 11 is 0. The van der Waals surface area contributed by atoms with Crippen LogP contribution in [0.4, 0.5) is 0 Å². The second kappa shape index (κ2) is 10.1. The van der Waals surface area contributed by atoms with Gasteiger partial charge in [-0.3, -0.25) is 0 Å². The Morgan fingerprint density at radius 2 is 1.62 bits per heavy atom. The third kappa shape index (κ3) is 3.92. The lowest BCUT2D eigenvalue weighted by atomic mass is 9.33. The zero-order valence-electron chi connectivity index (χ0n) is 27.1. The number of fused-ring (bicyclic) bond motifs is 7. The lowest BCUT2D eigenvalue weighted by Gasteiger charge is -2.72. The van der Waals surface area contributed by atoms with Gasteiger partial charge in [0.15, 0.2) is 0 Å². The van der Waals surface area contributed by atoms with Crippen molar-refractivity contribution >= 4 is 5.97 Å². The van der Waals surface area contributed by atoms with Crippen LogP contribution in [0.1, 0.15) is 100 Å². The van der Waals surface area contributed by atoms with Crippen molar-refractivity contribution < 1.29 is 35.1 Å². The number of allylic oxidation sites excluding steroid dienone is 3. The van der Waals surface area contributed by atoms with Gasteiger partial charge >= 0.3 is 5.97 Å². The van der Waals surface area contributed by atoms with Crippen molar-refractivity contribution in [3.8, 4) is 0 Å².